The predicted molar refractivity (Wildman–Crippen MR) is 159 cm³/mol. The van der Waals surface area contributed by atoms with E-state index in [1.165, 1.54) is 23.9 Å². The number of carbonyl (C=O) groups is 2. The highest BCUT2D eigenvalue weighted by Gasteiger charge is 2.17. The van der Waals surface area contributed by atoms with Crippen molar-refractivity contribution in [3.05, 3.63) is 89.6 Å². The molecule has 0 bridgehead atoms. The molecule has 3 aromatic carbocycles. The van der Waals surface area contributed by atoms with Gasteiger partial charge in [-0.1, -0.05) is 55.5 Å². The first-order valence-electron chi connectivity index (χ1n) is 13.4. The van der Waals surface area contributed by atoms with Gasteiger partial charge in [-0.3, -0.25) is 9.59 Å². The number of benzene rings is 3. The van der Waals surface area contributed by atoms with E-state index in [1.54, 1.807) is 17.7 Å². The van der Waals surface area contributed by atoms with Crippen LogP contribution >= 0.6 is 11.8 Å². The molecule has 0 fully saturated rings. The highest BCUT2D eigenvalue weighted by molar-refractivity contribution is 7.99. The minimum Gasteiger partial charge on any atom is -0.494 e. The number of thioether (sulfide) groups is 1. The molecule has 0 aliphatic rings. The zero-order chi connectivity index (χ0) is 30.1. The van der Waals surface area contributed by atoms with Gasteiger partial charge < -0.3 is 24.3 Å². The first kappa shape index (κ1) is 30.6. The maximum absolute atomic E-state index is 13.6. The second-order valence-electron chi connectivity index (χ2n) is 9.67. The largest absolute Gasteiger partial charge is 0.494 e. The van der Waals surface area contributed by atoms with Gasteiger partial charge in [0.2, 0.25) is 5.82 Å². The maximum Gasteiger partial charge on any atom is 0.323 e. The van der Waals surface area contributed by atoms with Crippen molar-refractivity contribution < 1.29 is 38.1 Å². The summed E-state index contributed by atoms with van der Waals surface area (Å²) in [6.45, 7) is 2.12. The molecule has 2 N–H and O–H groups in total. The molecule has 0 amide bonds. The number of aliphatic carboxylic acids is 2. The number of unbranched alkanes of at least 4 members (excludes halogenated alkanes) is 1. The Hall–Kier alpha value is -4.31. The van der Waals surface area contributed by atoms with Crippen LogP contribution in [0.1, 0.15) is 30.9 Å². The normalized spacial score (nSPS) is 12.1. The number of para-hydroxylation sites is 1. The van der Waals surface area contributed by atoms with Gasteiger partial charge in [0.05, 0.1) is 24.6 Å². The second kappa shape index (κ2) is 14.5. The van der Waals surface area contributed by atoms with E-state index in [0.717, 1.165) is 33.0 Å². The zero-order valence-corrected chi connectivity index (χ0v) is 23.8. The average Bonchev–Trinajstić information content (AvgIpc) is 3.32. The van der Waals surface area contributed by atoms with E-state index in [0.29, 0.717) is 31.0 Å². The molecule has 0 saturated carbocycles. The van der Waals surface area contributed by atoms with E-state index >= 15 is 0 Å². The number of carboxylic acid groups (broad SMARTS) is 2. The van der Waals surface area contributed by atoms with Crippen LogP contribution in [0.25, 0.3) is 23.1 Å². The van der Waals surface area contributed by atoms with Crippen LogP contribution in [0.4, 0.5) is 8.78 Å². The van der Waals surface area contributed by atoms with Gasteiger partial charge in [0.25, 0.3) is 0 Å². The number of halogens is 2. The van der Waals surface area contributed by atoms with Gasteiger partial charge in [-0.15, -0.1) is 11.8 Å². The highest BCUT2D eigenvalue weighted by atomic mass is 32.2. The van der Waals surface area contributed by atoms with E-state index in [9.17, 15) is 28.6 Å². The van der Waals surface area contributed by atoms with Gasteiger partial charge in [-0.05, 0) is 48.2 Å². The summed E-state index contributed by atoms with van der Waals surface area (Å²) < 4.78 is 39.6. The van der Waals surface area contributed by atoms with Gasteiger partial charge in [0.15, 0.2) is 11.6 Å². The average molecular weight is 596 g/mol. The Labute approximate surface area is 246 Å². The summed E-state index contributed by atoms with van der Waals surface area (Å²) in [4.78, 5) is 23.6. The topological polar surface area (TPSA) is 98.0 Å². The van der Waals surface area contributed by atoms with Crippen LogP contribution < -0.4 is 9.47 Å². The molecule has 42 heavy (non-hydrogen) atoms. The van der Waals surface area contributed by atoms with Crippen molar-refractivity contribution in [2.75, 3.05) is 19.0 Å². The summed E-state index contributed by atoms with van der Waals surface area (Å²) in [5.41, 5.74) is 2.53. The lowest BCUT2D eigenvalue weighted by Gasteiger charge is -2.09. The Balaban J connectivity index is 1.35. The van der Waals surface area contributed by atoms with Gasteiger partial charge >= 0.3 is 11.9 Å². The smallest absolute Gasteiger partial charge is 0.323 e. The van der Waals surface area contributed by atoms with E-state index in [1.807, 2.05) is 54.6 Å². The number of carboxylic acids is 2. The van der Waals surface area contributed by atoms with Crippen LogP contribution in [0.15, 0.2) is 71.8 Å². The van der Waals surface area contributed by atoms with Crippen LogP contribution in [0.2, 0.25) is 0 Å². The predicted octanol–water partition coefficient (Wildman–Crippen LogP) is 7.23. The summed E-state index contributed by atoms with van der Waals surface area (Å²) in [5, 5.41) is 19.5. The van der Waals surface area contributed by atoms with Crippen LogP contribution in [0.5, 0.6) is 11.5 Å². The molecule has 1 atom stereocenters. The molecule has 1 aromatic heterocycles. The summed E-state index contributed by atoms with van der Waals surface area (Å²) >= 11 is 1.40. The number of aromatic nitrogens is 1. The maximum atomic E-state index is 13.6. The molecule has 10 heteroatoms. The second-order valence-corrected chi connectivity index (χ2v) is 10.7. The summed E-state index contributed by atoms with van der Waals surface area (Å²) in [6, 6.07) is 17.1. The fourth-order valence-electron chi connectivity index (χ4n) is 4.20. The Morgan fingerprint density at radius 1 is 0.952 bits per heavy atom. The van der Waals surface area contributed by atoms with Crippen molar-refractivity contribution in [1.29, 1.82) is 0 Å². The Bertz CT molecular complexity index is 1570. The molecule has 4 rings (SSSR count). The molecular formula is C32H31F2NO6S. The molecule has 1 unspecified atom stereocenters. The Morgan fingerprint density at radius 3 is 2.38 bits per heavy atom. The summed E-state index contributed by atoms with van der Waals surface area (Å²) in [6.07, 6.45) is 6.91. The van der Waals surface area contributed by atoms with Gasteiger partial charge in [-0.2, -0.15) is 4.39 Å². The third kappa shape index (κ3) is 8.13. The van der Waals surface area contributed by atoms with Crippen LogP contribution in [0.3, 0.4) is 0 Å². The number of ether oxygens (including phenoxy) is 2. The Morgan fingerprint density at radius 2 is 1.67 bits per heavy atom. The third-order valence-electron chi connectivity index (χ3n) is 6.43. The van der Waals surface area contributed by atoms with E-state index < -0.39 is 29.5 Å². The molecular weight excluding hydrogens is 564 g/mol. The van der Waals surface area contributed by atoms with Gasteiger partial charge in [0.1, 0.15) is 12.3 Å². The molecule has 7 nitrogen and oxygen atoms in total. The van der Waals surface area contributed by atoms with Crippen LogP contribution in [0, 0.1) is 17.6 Å². The molecule has 1 heterocycles. The highest BCUT2D eigenvalue weighted by Crippen LogP contribution is 2.34. The number of hydrogen-bond donors (Lipinski definition) is 2. The first-order valence-corrected chi connectivity index (χ1v) is 14.4. The quantitative estimate of drug-likeness (QED) is 0.0850. The number of fused-ring (bicyclic) bond motifs is 1. The first-order chi connectivity index (χ1) is 20.2. The van der Waals surface area contributed by atoms with Crippen LogP contribution in [-0.2, 0) is 16.1 Å². The van der Waals surface area contributed by atoms with Crippen molar-refractivity contribution in [3.8, 4) is 11.5 Å². The number of nitrogens with zero attached hydrogens (tertiary/aromatic N) is 1. The molecule has 0 aliphatic carbocycles. The lowest BCUT2D eigenvalue weighted by atomic mass is 10.1. The fraction of sp³-hybridized carbons (Fsp3) is 0.250. The van der Waals surface area contributed by atoms with Crippen molar-refractivity contribution in [2.45, 2.75) is 31.2 Å². The minimum absolute atomic E-state index is 0.101. The SMILES string of the molecule is CC(CSc1cn(CC(=O)O)c2c(/C=C/c3ccc(OCCCCOc4cccc(F)c4F)cc3)cccc12)C(=O)O. The molecule has 0 aliphatic heterocycles. The van der Waals surface area contributed by atoms with Gasteiger partial charge in [0, 0.05) is 22.2 Å². The standard InChI is InChI=1S/C32H31F2NO6S/c1-21(32(38)39)20-42-28-18-35(19-29(36)37)31-23(6-4-7-25(28)31)13-10-22-11-14-24(15-12-22)40-16-2-3-17-41-27-9-5-8-26(33)30(27)34/h4-15,18,21H,2-3,16-17,19-20H2,1H3,(H,36,37)(H,38,39)/b13-10+. The lowest BCUT2D eigenvalue weighted by molar-refractivity contribution is -0.140. The molecule has 220 valence electrons. The molecule has 0 saturated heterocycles. The van der Waals surface area contributed by atoms with Crippen molar-refractivity contribution >= 4 is 46.8 Å². The summed E-state index contributed by atoms with van der Waals surface area (Å²) in [5.74, 6) is -3.33. The third-order valence-corrected chi connectivity index (χ3v) is 7.73. The van der Waals surface area contributed by atoms with E-state index in [2.05, 4.69) is 0 Å². The number of hydrogen-bond acceptors (Lipinski definition) is 5. The fourth-order valence-corrected chi connectivity index (χ4v) is 5.29. The minimum atomic E-state index is -0.986. The molecule has 0 spiro atoms. The van der Waals surface area contributed by atoms with E-state index in [-0.39, 0.29) is 18.9 Å². The van der Waals surface area contributed by atoms with Gasteiger partial charge in [-0.25, -0.2) is 4.39 Å². The number of rotatable bonds is 15. The Kier molecular flexibility index (Phi) is 10.6. The molecule has 4 aromatic rings. The van der Waals surface area contributed by atoms with E-state index in [4.69, 9.17) is 9.47 Å². The molecule has 0 radical (unpaired) electrons. The summed E-state index contributed by atoms with van der Waals surface area (Å²) in [7, 11) is 0. The lowest BCUT2D eigenvalue weighted by Crippen LogP contribution is -2.11. The van der Waals surface area contributed by atoms with Crippen molar-refractivity contribution in [2.24, 2.45) is 5.92 Å². The van der Waals surface area contributed by atoms with Crippen LogP contribution in [-0.4, -0.2) is 45.7 Å². The van der Waals surface area contributed by atoms with Crippen molar-refractivity contribution in [1.82, 2.24) is 4.57 Å². The van der Waals surface area contributed by atoms with Crippen molar-refractivity contribution in [3.63, 3.8) is 0 Å². The monoisotopic (exact) mass is 595 g/mol. The zero-order valence-electron chi connectivity index (χ0n) is 23.0.